The molecule has 1 aromatic heterocycles. The van der Waals surface area contributed by atoms with Crippen LogP contribution in [0, 0.1) is 0 Å². The van der Waals surface area contributed by atoms with E-state index in [9.17, 15) is 0 Å². The molecule has 0 aliphatic heterocycles. The van der Waals surface area contributed by atoms with Crippen molar-refractivity contribution in [3.8, 4) is 11.5 Å². The van der Waals surface area contributed by atoms with Crippen molar-refractivity contribution in [2.45, 2.75) is 13.0 Å². The first-order valence-electron chi connectivity index (χ1n) is 6.32. The molecule has 4 nitrogen and oxygen atoms in total. The Morgan fingerprint density at radius 3 is 2.80 bits per heavy atom. The molecule has 0 saturated heterocycles. The van der Waals surface area contributed by atoms with Crippen LogP contribution in [0.4, 0.5) is 0 Å². The fraction of sp³-hybridized carbons (Fsp3) is 0.267. The topological polar surface area (TPSA) is 57.4 Å². The lowest BCUT2D eigenvalue weighted by molar-refractivity contribution is 0.300. The number of aromatic nitrogens is 1. The first-order valence-corrected chi connectivity index (χ1v) is 6.70. The van der Waals surface area contributed by atoms with E-state index in [1.54, 1.807) is 19.5 Å². The van der Waals surface area contributed by atoms with Crippen LogP contribution in [0.1, 0.15) is 11.1 Å². The van der Waals surface area contributed by atoms with Gasteiger partial charge in [0, 0.05) is 24.0 Å². The molecular formula is C15H17ClN2O2. The van der Waals surface area contributed by atoms with Crippen LogP contribution in [0.15, 0.2) is 36.7 Å². The summed E-state index contributed by atoms with van der Waals surface area (Å²) >= 11 is 6.06. The Morgan fingerprint density at radius 1 is 1.25 bits per heavy atom. The highest BCUT2D eigenvalue weighted by Gasteiger charge is 2.07. The fourth-order valence-electron chi connectivity index (χ4n) is 1.83. The largest absolute Gasteiger partial charge is 0.497 e. The molecule has 106 valence electrons. The quantitative estimate of drug-likeness (QED) is 0.889. The minimum atomic E-state index is 0.381. The third-order valence-corrected chi connectivity index (χ3v) is 3.27. The molecule has 0 aliphatic rings. The van der Waals surface area contributed by atoms with Gasteiger partial charge in [-0.05, 0) is 30.7 Å². The van der Waals surface area contributed by atoms with E-state index in [-0.39, 0.29) is 0 Å². The number of ether oxygens (including phenoxy) is 2. The van der Waals surface area contributed by atoms with E-state index in [2.05, 4.69) is 4.98 Å². The molecule has 0 unspecified atom stereocenters. The molecule has 2 rings (SSSR count). The van der Waals surface area contributed by atoms with Crippen LogP contribution in [-0.2, 0) is 13.0 Å². The second-order valence-electron chi connectivity index (χ2n) is 4.27. The minimum absolute atomic E-state index is 0.381. The number of methoxy groups -OCH3 is 1. The average Bonchev–Trinajstić information content (AvgIpc) is 2.48. The van der Waals surface area contributed by atoms with E-state index in [0.717, 1.165) is 29.0 Å². The lowest BCUT2D eigenvalue weighted by atomic mass is 10.1. The van der Waals surface area contributed by atoms with Crippen LogP contribution in [-0.4, -0.2) is 18.6 Å². The molecule has 0 amide bonds. The van der Waals surface area contributed by atoms with E-state index in [0.29, 0.717) is 18.2 Å². The molecule has 5 heteroatoms. The molecule has 0 bridgehead atoms. The van der Waals surface area contributed by atoms with Crippen molar-refractivity contribution < 1.29 is 9.47 Å². The van der Waals surface area contributed by atoms with Gasteiger partial charge < -0.3 is 15.2 Å². The standard InChI is InChI=1S/C15H17ClN2O2/c1-19-13-3-2-11(4-6-17)15(8-13)20-10-12-5-7-18-9-14(12)16/h2-3,5,7-9H,4,6,10,17H2,1H3. The predicted molar refractivity (Wildman–Crippen MR) is 79.3 cm³/mol. The van der Waals surface area contributed by atoms with Crippen LogP contribution < -0.4 is 15.2 Å². The first kappa shape index (κ1) is 14.6. The van der Waals surface area contributed by atoms with Crippen LogP contribution in [0.25, 0.3) is 0 Å². The smallest absolute Gasteiger partial charge is 0.126 e. The fourth-order valence-corrected chi connectivity index (χ4v) is 2.01. The highest BCUT2D eigenvalue weighted by Crippen LogP contribution is 2.26. The summed E-state index contributed by atoms with van der Waals surface area (Å²) in [6.07, 6.45) is 4.05. The molecule has 2 N–H and O–H groups in total. The number of benzene rings is 1. The number of nitrogens with two attached hydrogens (primary N) is 1. The summed E-state index contributed by atoms with van der Waals surface area (Å²) < 4.78 is 11.1. The Bertz CT molecular complexity index is 576. The summed E-state index contributed by atoms with van der Waals surface area (Å²) in [6.45, 7) is 0.949. The number of nitrogens with zero attached hydrogens (tertiary/aromatic N) is 1. The number of pyridine rings is 1. The second-order valence-corrected chi connectivity index (χ2v) is 4.68. The van der Waals surface area contributed by atoms with Crippen molar-refractivity contribution in [1.29, 1.82) is 0 Å². The number of rotatable bonds is 6. The van der Waals surface area contributed by atoms with Gasteiger partial charge in [0.05, 0.1) is 12.1 Å². The zero-order chi connectivity index (χ0) is 14.4. The molecule has 0 fully saturated rings. The molecule has 0 aliphatic carbocycles. The zero-order valence-electron chi connectivity index (χ0n) is 11.3. The number of hydrogen-bond acceptors (Lipinski definition) is 4. The van der Waals surface area contributed by atoms with Crippen molar-refractivity contribution in [3.05, 3.63) is 52.8 Å². The van der Waals surface area contributed by atoms with Gasteiger partial charge in [0.1, 0.15) is 18.1 Å². The molecule has 0 spiro atoms. The Balaban J connectivity index is 2.17. The predicted octanol–water partition coefficient (Wildman–Crippen LogP) is 2.82. The summed E-state index contributed by atoms with van der Waals surface area (Å²) in [5.41, 5.74) is 7.56. The SMILES string of the molecule is COc1ccc(CCN)c(OCc2ccncc2Cl)c1. The summed E-state index contributed by atoms with van der Waals surface area (Å²) in [5.74, 6) is 1.52. The van der Waals surface area contributed by atoms with Gasteiger partial charge in [0.15, 0.2) is 0 Å². The van der Waals surface area contributed by atoms with Crippen molar-refractivity contribution >= 4 is 11.6 Å². The maximum Gasteiger partial charge on any atom is 0.126 e. The lowest BCUT2D eigenvalue weighted by Gasteiger charge is -2.13. The zero-order valence-corrected chi connectivity index (χ0v) is 12.1. The number of halogens is 1. The Hall–Kier alpha value is -1.78. The van der Waals surface area contributed by atoms with Crippen LogP contribution in [0.2, 0.25) is 5.02 Å². The molecule has 20 heavy (non-hydrogen) atoms. The maximum atomic E-state index is 6.06. The monoisotopic (exact) mass is 292 g/mol. The summed E-state index contributed by atoms with van der Waals surface area (Å²) in [6, 6.07) is 7.57. The van der Waals surface area contributed by atoms with Gasteiger partial charge in [-0.25, -0.2) is 0 Å². The third-order valence-electron chi connectivity index (χ3n) is 2.93. The van der Waals surface area contributed by atoms with Crippen LogP contribution in [0.5, 0.6) is 11.5 Å². The molecule has 0 saturated carbocycles. The third kappa shape index (κ3) is 3.62. The van der Waals surface area contributed by atoms with Gasteiger partial charge >= 0.3 is 0 Å². The maximum absolute atomic E-state index is 6.06. The first-order chi connectivity index (χ1) is 9.74. The minimum Gasteiger partial charge on any atom is -0.497 e. The van der Waals surface area contributed by atoms with Crippen molar-refractivity contribution in [2.75, 3.05) is 13.7 Å². The highest BCUT2D eigenvalue weighted by molar-refractivity contribution is 6.31. The van der Waals surface area contributed by atoms with Gasteiger partial charge in [-0.2, -0.15) is 0 Å². The van der Waals surface area contributed by atoms with Crippen LogP contribution in [0.3, 0.4) is 0 Å². The van der Waals surface area contributed by atoms with E-state index < -0.39 is 0 Å². The van der Waals surface area contributed by atoms with Crippen LogP contribution >= 0.6 is 11.6 Å². The molecule has 1 heterocycles. The van der Waals surface area contributed by atoms with E-state index >= 15 is 0 Å². The van der Waals surface area contributed by atoms with E-state index in [1.807, 2.05) is 24.3 Å². The Labute approximate surface area is 123 Å². The lowest BCUT2D eigenvalue weighted by Crippen LogP contribution is -2.06. The average molecular weight is 293 g/mol. The van der Waals surface area contributed by atoms with E-state index in [1.165, 1.54) is 0 Å². The summed E-state index contributed by atoms with van der Waals surface area (Å²) in [5, 5.41) is 0.593. The Kier molecular flexibility index (Phi) is 5.21. The van der Waals surface area contributed by atoms with Crippen molar-refractivity contribution in [2.24, 2.45) is 5.73 Å². The van der Waals surface area contributed by atoms with Gasteiger partial charge in [0.2, 0.25) is 0 Å². The summed E-state index contributed by atoms with van der Waals surface area (Å²) in [7, 11) is 1.63. The molecular weight excluding hydrogens is 276 g/mol. The molecule has 0 radical (unpaired) electrons. The van der Waals surface area contributed by atoms with Crippen molar-refractivity contribution in [1.82, 2.24) is 4.98 Å². The van der Waals surface area contributed by atoms with Crippen molar-refractivity contribution in [3.63, 3.8) is 0 Å². The summed E-state index contributed by atoms with van der Waals surface area (Å²) in [4.78, 5) is 3.95. The van der Waals surface area contributed by atoms with Gasteiger partial charge in [-0.1, -0.05) is 17.7 Å². The molecule has 0 atom stereocenters. The van der Waals surface area contributed by atoms with Gasteiger partial charge in [-0.15, -0.1) is 0 Å². The number of hydrogen-bond donors (Lipinski definition) is 1. The van der Waals surface area contributed by atoms with Gasteiger partial charge in [-0.3, -0.25) is 4.98 Å². The normalized spacial score (nSPS) is 10.3. The van der Waals surface area contributed by atoms with E-state index in [4.69, 9.17) is 26.8 Å². The highest BCUT2D eigenvalue weighted by atomic mass is 35.5. The molecule has 1 aromatic carbocycles. The molecule has 2 aromatic rings. The Morgan fingerprint density at radius 2 is 2.10 bits per heavy atom. The van der Waals surface area contributed by atoms with Gasteiger partial charge in [0.25, 0.3) is 0 Å². The second kappa shape index (κ2) is 7.12.